The molecule has 0 aromatic heterocycles. The third kappa shape index (κ3) is 4.41. The van der Waals surface area contributed by atoms with E-state index < -0.39 is 11.6 Å². The number of carboxylic acids is 1. The van der Waals surface area contributed by atoms with Gasteiger partial charge in [-0.2, -0.15) is 0 Å². The third-order valence-corrected chi connectivity index (χ3v) is 3.94. The van der Waals surface area contributed by atoms with Crippen molar-refractivity contribution in [2.24, 2.45) is 0 Å². The Bertz CT molecular complexity index is 460. The van der Waals surface area contributed by atoms with Gasteiger partial charge in [-0.05, 0) is 25.3 Å². The molecule has 1 N–H and O–H groups in total. The molecule has 2 atom stereocenters. The Labute approximate surface area is 126 Å². The van der Waals surface area contributed by atoms with E-state index in [1.807, 2.05) is 36.4 Å². The molecule has 0 amide bonds. The molecule has 0 aliphatic carbocycles. The average Bonchev–Trinajstić information content (AvgIpc) is 2.79. The number of rotatable bonds is 4. The zero-order chi connectivity index (χ0) is 15.9. The molecule has 0 spiro atoms. The molecule has 2 unspecified atom stereocenters. The van der Waals surface area contributed by atoms with E-state index in [0.29, 0.717) is 0 Å². The Morgan fingerprint density at radius 2 is 2.10 bits per heavy atom. The normalized spacial score (nSPS) is 25.0. The van der Waals surface area contributed by atoms with Gasteiger partial charge in [-0.15, -0.1) is 6.58 Å². The lowest BCUT2D eigenvalue weighted by Gasteiger charge is -2.31. The first-order chi connectivity index (χ1) is 9.95. The van der Waals surface area contributed by atoms with Crippen LogP contribution in [0, 0.1) is 0 Å². The number of carbonyl (C=O) groups excluding carboxylic acids is 1. The molecule has 1 aromatic rings. The smallest absolute Gasteiger partial charge is 0.106 e. The highest BCUT2D eigenvalue weighted by molar-refractivity contribution is 5.63. The maximum Gasteiger partial charge on any atom is 0.106 e. The van der Waals surface area contributed by atoms with Crippen LogP contribution in [0.3, 0.4) is 0 Å². The second-order valence-electron chi connectivity index (χ2n) is 5.23. The molecule has 116 valence electrons. The fraction of sp³-hybridized carbons (Fsp3) is 0.471. The second-order valence-corrected chi connectivity index (χ2v) is 5.23. The Balaban J connectivity index is 0.000000383. The molecule has 0 saturated carbocycles. The van der Waals surface area contributed by atoms with E-state index in [-0.39, 0.29) is 12.5 Å². The van der Waals surface area contributed by atoms with Crippen molar-refractivity contribution in [3.05, 3.63) is 48.6 Å². The minimum Gasteiger partial charge on any atom is -0.550 e. The molecule has 4 heteroatoms. The summed E-state index contributed by atoms with van der Waals surface area (Å²) in [6.45, 7) is 9.15. The third-order valence-electron chi connectivity index (χ3n) is 3.94. The average molecular weight is 290 g/mol. The number of nitrogens with zero attached hydrogens (tertiary/aromatic N) is 1. The van der Waals surface area contributed by atoms with Crippen LogP contribution in [-0.2, 0) is 10.4 Å². The number of aliphatic carboxylic acids is 1. The fourth-order valence-corrected chi connectivity index (χ4v) is 2.55. The highest BCUT2D eigenvalue weighted by atomic mass is 16.4. The van der Waals surface area contributed by atoms with Gasteiger partial charge in [0.1, 0.15) is 5.60 Å². The number of aliphatic hydroxyl groups is 1. The zero-order valence-electron chi connectivity index (χ0n) is 12.8. The van der Waals surface area contributed by atoms with Gasteiger partial charge >= 0.3 is 0 Å². The maximum atomic E-state index is 10.8. The van der Waals surface area contributed by atoms with Gasteiger partial charge in [0.25, 0.3) is 0 Å². The number of hydrogen-bond acceptors (Lipinski definition) is 4. The summed E-state index contributed by atoms with van der Waals surface area (Å²) in [5.74, 6) is -0.995. The van der Waals surface area contributed by atoms with Crippen LogP contribution < -0.4 is 5.11 Å². The first-order valence-electron chi connectivity index (χ1n) is 7.28. The van der Waals surface area contributed by atoms with Crippen molar-refractivity contribution in [1.82, 2.24) is 4.90 Å². The summed E-state index contributed by atoms with van der Waals surface area (Å²) >= 11 is 0. The lowest BCUT2D eigenvalue weighted by atomic mass is 9.87. The predicted molar refractivity (Wildman–Crippen MR) is 81.5 cm³/mol. The van der Waals surface area contributed by atoms with Gasteiger partial charge in [-0.25, -0.2) is 0 Å². The monoisotopic (exact) mass is 290 g/mol. The molecule has 2 rings (SSSR count). The zero-order valence-corrected chi connectivity index (χ0v) is 12.8. The summed E-state index contributed by atoms with van der Waals surface area (Å²) in [5.41, 5.74) is 0.318. The lowest BCUT2D eigenvalue weighted by Crippen LogP contribution is -2.40. The lowest BCUT2D eigenvalue weighted by molar-refractivity contribution is -0.305. The molecule has 4 nitrogen and oxygen atoms in total. The van der Waals surface area contributed by atoms with Crippen molar-refractivity contribution in [2.75, 3.05) is 13.1 Å². The van der Waals surface area contributed by atoms with Crippen molar-refractivity contribution < 1.29 is 15.0 Å². The van der Waals surface area contributed by atoms with Crippen molar-refractivity contribution >= 4 is 5.97 Å². The number of benzene rings is 1. The van der Waals surface area contributed by atoms with E-state index in [2.05, 4.69) is 18.4 Å². The van der Waals surface area contributed by atoms with Crippen LogP contribution in [0.2, 0.25) is 0 Å². The van der Waals surface area contributed by atoms with Crippen molar-refractivity contribution in [2.45, 2.75) is 38.3 Å². The van der Waals surface area contributed by atoms with Crippen LogP contribution in [0.15, 0.2) is 43.0 Å². The highest BCUT2D eigenvalue weighted by Gasteiger charge is 2.43. The van der Waals surface area contributed by atoms with Gasteiger partial charge in [0, 0.05) is 25.1 Å². The Kier molecular flexibility index (Phi) is 6.59. The summed E-state index contributed by atoms with van der Waals surface area (Å²) in [4.78, 5) is 11.5. The Morgan fingerprint density at radius 3 is 2.57 bits per heavy atom. The quantitative estimate of drug-likeness (QED) is 0.849. The number of carbonyl (C=O) groups is 1. The van der Waals surface area contributed by atoms with Crippen molar-refractivity contribution in [3.63, 3.8) is 0 Å². The van der Waals surface area contributed by atoms with Crippen LogP contribution in [0.1, 0.15) is 32.3 Å². The molecule has 21 heavy (non-hydrogen) atoms. The molecular weight excluding hydrogens is 266 g/mol. The molecule has 1 heterocycles. The van der Waals surface area contributed by atoms with Gasteiger partial charge < -0.3 is 15.0 Å². The number of carboxylic acid groups (broad SMARTS) is 1. The van der Waals surface area contributed by atoms with Gasteiger partial charge in [0.2, 0.25) is 0 Å². The van der Waals surface area contributed by atoms with Crippen LogP contribution in [0.4, 0.5) is 0 Å². The van der Waals surface area contributed by atoms with Crippen molar-refractivity contribution in [1.29, 1.82) is 0 Å². The summed E-state index contributed by atoms with van der Waals surface area (Å²) in [7, 11) is 0. The van der Waals surface area contributed by atoms with E-state index in [9.17, 15) is 15.0 Å². The summed E-state index contributed by atoms with van der Waals surface area (Å²) in [6, 6.07) is 10.1. The standard InChI is InChI=1S/C14H19NO.C3H6O2/c1-3-10-15-11-9-14(16,12(15)2)13-7-5-4-6-8-13;1-2-3(4)5/h3-8,12,16H,1,9-11H2,2H3;2H2,1H3,(H,4,5)/p-1. The van der Waals surface area contributed by atoms with E-state index >= 15 is 0 Å². The van der Waals surface area contributed by atoms with E-state index in [1.165, 1.54) is 6.92 Å². The summed E-state index contributed by atoms with van der Waals surface area (Å²) in [6.07, 6.45) is 2.80. The minimum atomic E-state index is -0.995. The van der Waals surface area contributed by atoms with E-state index in [4.69, 9.17) is 0 Å². The summed E-state index contributed by atoms with van der Waals surface area (Å²) in [5, 5.41) is 20.0. The van der Waals surface area contributed by atoms with Gasteiger partial charge in [-0.3, -0.25) is 4.90 Å². The SMILES string of the molecule is C=CCN1CCC(O)(c2ccccc2)C1C.CCC(=O)[O-]. The second kappa shape index (κ2) is 7.96. The molecule has 0 bridgehead atoms. The first kappa shape index (κ1) is 17.4. The van der Waals surface area contributed by atoms with Crippen LogP contribution in [0.5, 0.6) is 0 Å². The van der Waals surface area contributed by atoms with Crippen LogP contribution in [-0.4, -0.2) is 35.1 Å². The van der Waals surface area contributed by atoms with Crippen LogP contribution >= 0.6 is 0 Å². The van der Waals surface area contributed by atoms with Gasteiger partial charge in [0.05, 0.1) is 0 Å². The fourth-order valence-electron chi connectivity index (χ4n) is 2.55. The highest BCUT2D eigenvalue weighted by Crippen LogP contribution is 2.37. The maximum absolute atomic E-state index is 10.8. The largest absolute Gasteiger partial charge is 0.550 e. The number of likely N-dealkylation sites (tertiary alicyclic amines) is 1. The van der Waals surface area contributed by atoms with Crippen molar-refractivity contribution in [3.8, 4) is 0 Å². The topological polar surface area (TPSA) is 63.6 Å². The molecule has 1 saturated heterocycles. The van der Waals surface area contributed by atoms with Gasteiger partial charge in [-0.1, -0.05) is 43.3 Å². The molecule has 0 radical (unpaired) electrons. The van der Waals surface area contributed by atoms with Gasteiger partial charge in [0.15, 0.2) is 0 Å². The molecule has 1 aromatic carbocycles. The number of hydrogen-bond donors (Lipinski definition) is 1. The summed E-state index contributed by atoms with van der Waals surface area (Å²) < 4.78 is 0. The Morgan fingerprint density at radius 1 is 1.52 bits per heavy atom. The molecular formula is C17H24NO3-. The first-order valence-corrected chi connectivity index (χ1v) is 7.28. The molecule has 1 aliphatic heterocycles. The predicted octanol–water partition coefficient (Wildman–Crippen LogP) is 1.30. The van der Waals surface area contributed by atoms with E-state index in [1.54, 1.807) is 0 Å². The Hall–Kier alpha value is -1.65. The van der Waals surface area contributed by atoms with E-state index in [0.717, 1.165) is 25.1 Å². The minimum absolute atomic E-state index is 0.111. The molecule has 1 aliphatic rings. The van der Waals surface area contributed by atoms with Crippen LogP contribution in [0.25, 0.3) is 0 Å². The molecule has 1 fully saturated rings.